The lowest BCUT2D eigenvalue weighted by atomic mass is 10.0. The van der Waals surface area contributed by atoms with Crippen molar-refractivity contribution in [1.82, 2.24) is 10.2 Å². The highest BCUT2D eigenvalue weighted by Gasteiger charge is 2.32. The summed E-state index contributed by atoms with van der Waals surface area (Å²) in [6.07, 6.45) is 2.28. The minimum atomic E-state index is -0.248. The predicted molar refractivity (Wildman–Crippen MR) is 71.7 cm³/mol. The molecular formula is C15H13N3O2. The highest BCUT2D eigenvalue weighted by molar-refractivity contribution is 5.52. The lowest BCUT2D eigenvalue weighted by molar-refractivity contribution is 0.135. The van der Waals surface area contributed by atoms with E-state index in [4.69, 9.17) is 14.7 Å². The first-order valence-electron chi connectivity index (χ1n) is 6.30. The largest absolute Gasteiger partial charge is 0.483 e. The van der Waals surface area contributed by atoms with E-state index in [1.807, 2.05) is 32.0 Å². The molecule has 2 heterocycles. The SMILES string of the molecule is CC1(C)Cc2cccc(Oc3nnccc3C#N)c2O1. The average molecular weight is 267 g/mol. The topological polar surface area (TPSA) is 68.0 Å². The van der Waals surface area contributed by atoms with Gasteiger partial charge in [0.25, 0.3) is 5.88 Å². The molecule has 5 heteroatoms. The Morgan fingerprint density at radius 3 is 3.00 bits per heavy atom. The van der Waals surface area contributed by atoms with Crippen molar-refractivity contribution in [3.8, 4) is 23.4 Å². The third-order valence-electron chi connectivity index (χ3n) is 3.07. The van der Waals surface area contributed by atoms with Gasteiger partial charge in [0.05, 0.1) is 6.20 Å². The third kappa shape index (κ3) is 2.16. The first-order valence-corrected chi connectivity index (χ1v) is 6.30. The van der Waals surface area contributed by atoms with Crippen LogP contribution >= 0.6 is 0 Å². The van der Waals surface area contributed by atoms with Gasteiger partial charge >= 0.3 is 0 Å². The number of para-hydroxylation sites is 1. The number of aromatic nitrogens is 2. The van der Waals surface area contributed by atoms with Gasteiger partial charge in [-0.15, -0.1) is 5.10 Å². The summed E-state index contributed by atoms with van der Waals surface area (Å²) >= 11 is 0. The van der Waals surface area contributed by atoms with Crippen molar-refractivity contribution in [1.29, 1.82) is 5.26 Å². The smallest absolute Gasteiger partial charge is 0.257 e. The number of nitrogens with zero attached hydrogens (tertiary/aromatic N) is 3. The number of ether oxygens (including phenoxy) is 2. The number of nitriles is 1. The van der Waals surface area contributed by atoms with Gasteiger partial charge in [0.1, 0.15) is 17.2 Å². The van der Waals surface area contributed by atoms with E-state index >= 15 is 0 Å². The molecule has 0 saturated carbocycles. The average Bonchev–Trinajstić information content (AvgIpc) is 2.74. The summed E-state index contributed by atoms with van der Waals surface area (Å²) in [6.45, 7) is 4.06. The molecule has 1 aromatic carbocycles. The van der Waals surface area contributed by atoms with E-state index in [9.17, 15) is 0 Å². The third-order valence-corrected chi connectivity index (χ3v) is 3.07. The zero-order valence-corrected chi connectivity index (χ0v) is 11.3. The van der Waals surface area contributed by atoms with Gasteiger partial charge in [-0.05, 0) is 26.0 Å². The summed E-state index contributed by atoms with van der Waals surface area (Å²) in [5.41, 5.74) is 1.19. The van der Waals surface area contributed by atoms with Gasteiger partial charge in [0, 0.05) is 12.0 Å². The standard InChI is InChI=1S/C15H13N3O2/c1-15(2)8-10-4-3-5-12(13(10)20-15)19-14-11(9-16)6-7-17-18-14/h3-7H,8H2,1-2H3. The maximum absolute atomic E-state index is 9.04. The van der Waals surface area contributed by atoms with Crippen LogP contribution in [-0.4, -0.2) is 15.8 Å². The predicted octanol–water partition coefficient (Wildman–Crippen LogP) is 2.85. The molecule has 0 fully saturated rings. The highest BCUT2D eigenvalue weighted by Crippen LogP contribution is 2.43. The van der Waals surface area contributed by atoms with Crippen molar-refractivity contribution in [2.75, 3.05) is 0 Å². The monoisotopic (exact) mass is 267 g/mol. The molecule has 0 N–H and O–H groups in total. The number of fused-ring (bicyclic) bond motifs is 1. The van der Waals surface area contributed by atoms with Crippen LogP contribution in [0.15, 0.2) is 30.5 Å². The number of benzene rings is 1. The Balaban J connectivity index is 1.98. The summed E-state index contributed by atoms with van der Waals surface area (Å²) in [5, 5.41) is 16.6. The summed E-state index contributed by atoms with van der Waals surface area (Å²) in [4.78, 5) is 0. The normalized spacial score (nSPS) is 15.1. The van der Waals surface area contributed by atoms with Crippen LogP contribution in [0.1, 0.15) is 25.0 Å². The molecule has 20 heavy (non-hydrogen) atoms. The molecule has 0 unspecified atom stereocenters. The Morgan fingerprint density at radius 2 is 2.20 bits per heavy atom. The van der Waals surface area contributed by atoms with E-state index in [1.165, 1.54) is 6.20 Å². The summed E-state index contributed by atoms with van der Waals surface area (Å²) in [5.74, 6) is 1.47. The van der Waals surface area contributed by atoms with E-state index in [-0.39, 0.29) is 11.5 Å². The van der Waals surface area contributed by atoms with Gasteiger partial charge in [-0.3, -0.25) is 0 Å². The van der Waals surface area contributed by atoms with Gasteiger partial charge < -0.3 is 9.47 Å². The van der Waals surface area contributed by atoms with Gasteiger partial charge in [-0.25, -0.2) is 0 Å². The molecular weight excluding hydrogens is 254 g/mol. The molecule has 0 aliphatic carbocycles. The molecule has 0 bridgehead atoms. The minimum Gasteiger partial charge on any atom is -0.483 e. The fourth-order valence-electron chi connectivity index (χ4n) is 2.25. The summed E-state index contributed by atoms with van der Waals surface area (Å²) < 4.78 is 11.6. The zero-order chi connectivity index (χ0) is 14.2. The molecule has 0 atom stereocenters. The maximum atomic E-state index is 9.04. The Labute approximate surface area is 116 Å². The van der Waals surface area contributed by atoms with Gasteiger partial charge in [-0.1, -0.05) is 12.1 Å². The van der Waals surface area contributed by atoms with Crippen molar-refractivity contribution in [3.05, 3.63) is 41.6 Å². The van der Waals surface area contributed by atoms with Crippen molar-refractivity contribution in [3.63, 3.8) is 0 Å². The van der Waals surface area contributed by atoms with Crippen LogP contribution in [0.4, 0.5) is 0 Å². The van der Waals surface area contributed by atoms with Crippen molar-refractivity contribution < 1.29 is 9.47 Å². The van der Waals surface area contributed by atoms with Crippen molar-refractivity contribution in [2.24, 2.45) is 0 Å². The zero-order valence-electron chi connectivity index (χ0n) is 11.3. The second-order valence-electron chi connectivity index (χ2n) is 5.25. The van der Waals surface area contributed by atoms with E-state index in [2.05, 4.69) is 10.2 Å². The van der Waals surface area contributed by atoms with Crippen LogP contribution in [0, 0.1) is 11.3 Å². The highest BCUT2D eigenvalue weighted by atomic mass is 16.5. The Bertz CT molecular complexity index is 705. The number of hydrogen-bond acceptors (Lipinski definition) is 5. The molecule has 0 radical (unpaired) electrons. The van der Waals surface area contributed by atoms with Crippen LogP contribution in [0.25, 0.3) is 0 Å². The summed E-state index contributed by atoms with van der Waals surface area (Å²) in [6, 6.07) is 9.32. The molecule has 1 aliphatic heterocycles. The maximum Gasteiger partial charge on any atom is 0.257 e. The second kappa shape index (κ2) is 4.49. The second-order valence-corrected chi connectivity index (χ2v) is 5.25. The van der Waals surface area contributed by atoms with Gasteiger partial charge in [0.15, 0.2) is 11.5 Å². The molecule has 0 amide bonds. The molecule has 100 valence electrons. The Hall–Kier alpha value is -2.61. The quantitative estimate of drug-likeness (QED) is 0.836. The molecule has 5 nitrogen and oxygen atoms in total. The Kier molecular flexibility index (Phi) is 2.79. The number of hydrogen-bond donors (Lipinski definition) is 0. The van der Waals surface area contributed by atoms with E-state index in [1.54, 1.807) is 12.1 Å². The van der Waals surface area contributed by atoms with Crippen LogP contribution in [0.5, 0.6) is 17.4 Å². The fraction of sp³-hybridized carbons (Fsp3) is 0.267. The molecule has 0 spiro atoms. The first-order chi connectivity index (χ1) is 9.59. The lowest BCUT2D eigenvalue weighted by Crippen LogP contribution is -2.24. The first kappa shape index (κ1) is 12.4. The van der Waals surface area contributed by atoms with Crippen LogP contribution in [-0.2, 0) is 6.42 Å². The van der Waals surface area contributed by atoms with Crippen LogP contribution < -0.4 is 9.47 Å². The molecule has 3 rings (SSSR count). The van der Waals surface area contributed by atoms with Crippen molar-refractivity contribution >= 4 is 0 Å². The molecule has 2 aromatic rings. The molecule has 1 aliphatic rings. The van der Waals surface area contributed by atoms with E-state index in [0.717, 1.165) is 12.0 Å². The summed E-state index contributed by atoms with van der Waals surface area (Å²) in [7, 11) is 0. The molecule has 1 aromatic heterocycles. The Morgan fingerprint density at radius 1 is 1.35 bits per heavy atom. The van der Waals surface area contributed by atoms with Gasteiger partial charge in [0.2, 0.25) is 0 Å². The van der Waals surface area contributed by atoms with Crippen LogP contribution in [0.3, 0.4) is 0 Å². The van der Waals surface area contributed by atoms with E-state index in [0.29, 0.717) is 17.1 Å². The van der Waals surface area contributed by atoms with Crippen LogP contribution in [0.2, 0.25) is 0 Å². The fourth-order valence-corrected chi connectivity index (χ4v) is 2.25. The van der Waals surface area contributed by atoms with Gasteiger partial charge in [-0.2, -0.15) is 10.4 Å². The van der Waals surface area contributed by atoms with Crippen molar-refractivity contribution in [2.45, 2.75) is 25.9 Å². The lowest BCUT2D eigenvalue weighted by Gasteiger charge is -2.18. The minimum absolute atomic E-state index is 0.191. The molecule has 0 saturated heterocycles. The number of rotatable bonds is 2. The van der Waals surface area contributed by atoms with E-state index < -0.39 is 0 Å².